The molecule has 0 saturated carbocycles. The van der Waals surface area contributed by atoms with Crippen LogP contribution < -0.4 is 0 Å². The van der Waals surface area contributed by atoms with E-state index in [2.05, 4.69) is 0 Å². The van der Waals surface area contributed by atoms with Gasteiger partial charge in [-0.3, -0.25) is 0 Å². The lowest BCUT2D eigenvalue weighted by atomic mass is 10.0. The molecule has 0 heterocycles. The molecule has 0 amide bonds. The van der Waals surface area contributed by atoms with Crippen molar-refractivity contribution >= 4 is 5.97 Å². The quantitative estimate of drug-likeness (QED) is 0.703. The molecule has 0 fully saturated rings. The van der Waals surface area contributed by atoms with E-state index < -0.39 is 12.1 Å². The Morgan fingerprint density at radius 2 is 2.19 bits per heavy atom. The fourth-order valence-corrected chi connectivity index (χ4v) is 1.36. The van der Waals surface area contributed by atoms with Gasteiger partial charge < -0.3 is 15.3 Å². The minimum Gasteiger partial charge on any atom is -0.507 e. The molecule has 3 N–H and O–H groups in total. The Kier molecular flexibility index (Phi) is 3.86. The molecule has 84 valence electrons. The SMILES string of the molecule is N#CCCc1cccc(C(O)C(=O)O)c1O. The fraction of sp³-hybridized carbons (Fsp3) is 0.273. The second-order valence-electron chi connectivity index (χ2n) is 3.25. The number of nitriles is 1. The minimum absolute atomic E-state index is 0.0528. The Morgan fingerprint density at radius 3 is 2.75 bits per heavy atom. The van der Waals surface area contributed by atoms with Gasteiger partial charge in [0.15, 0.2) is 6.10 Å². The monoisotopic (exact) mass is 221 g/mol. The number of carboxylic acid groups (broad SMARTS) is 1. The van der Waals surface area contributed by atoms with Gasteiger partial charge in [0.1, 0.15) is 5.75 Å². The van der Waals surface area contributed by atoms with E-state index in [0.29, 0.717) is 12.0 Å². The molecule has 0 radical (unpaired) electrons. The number of aromatic hydroxyl groups is 1. The zero-order valence-corrected chi connectivity index (χ0v) is 8.42. The van der Waals surface area contributed by atoms with E-state index in [9.17, 15) is 15.0 Å². The van der Waals surface area contributed by atoms with Crippen LogP contribution in [0.15, 0.2) is 18.2 Å². The first-order chi connectivity index (χ1) is 7.57. The second-order valence-corrected chi connectivity index (χ2v) is 3.25. The maximum absolute atomic E-state index is 10.6. The standard InChI is InChI=1S/C11H11NO4/c12-6-2-4-7-3-1-5-8(9(7)13)10(14)11(15)16/h1,3,5,10,13-14H,2,4H2,(H,15,16). The van der Waals surface area contributed by atoms with Gasteiger partial charge in [0, 0.05) is 12.0 Å². The number of aliphatic carboxylic acids is 1. The van der Waals surface area contributed by atoms with E-state index >= 15 is 0 Å². The molecule has 0 bridgehead atoms. The third-order valence-corrected chi connectivity index (χ3v) is 2.19. The molecule has 1 atom stereocenters. The van der Waals surface area contributed by atoms with Crippen LogP contribution in [0.3, 0.4) is 0 Å². The van der Waals surface area contributed by atoms with Crippen LogP contribution in [0.2, 0.25) is 0 Å². The van der Waals surface area contributed by atoms with Crippen molar-refractivity contribution in [3.05, 3.63) is 29.3 Å². The van der Waals surface area contributed by atoms with Crippen LogP contribution in [0.4, 0.5) is 0 Å². The smallest absolute Gasteiger partial charge is 0.337 e. The summed E-state index contributed by atoms with van der Waals surface area (Å²) >= 11 is 0. The van der Waals surface area contributed by atoms with Gasteiger partial charge in [0.25, 0.3) is 0 Å². The zero-order chi connectivity index (χ0) is 12.1. The largest absolute Gasteiger partial charge is 0.507 e. The number of aliphatic hydroxyl groups is 1. The van der Waals surface area contributed by atoms with E-state index in [1.807, 2.05) is 6.07 Å². The van der Waals surface area contributed by atoms with Gasteiger partial charge in [-0.25, -0.2) is 4.79 Å². The van der Waals surface area contributed by atoms with Crippen molar-refractivity contribution in [1.82, 2.24) is 0 Å². The van der Waals surface area contributed by atoms with Gasteiger partial charge in [0.05, 0.1) is 6.07 Å². The van der Waals surface area contributed by atoms with E-state index in [4.69, 9.17) is 10.4 Å². The first kappa shape index (κ1) is 12.0. The molecule has 0 saturated heterocycles. The fourth-order valence-electron chi connectivity index (χ4n) is 1.36. The third-order valence-electron chi connectivity index (χ3n) is 2.19. The average molecular weight is 221 g/mol. The summed E-state index contributed by atoms with van der Waals surface area (Å²) in [5.41, 5.74) is 0.405. The molecule has 0 aromatic heterocycles. The van der Waals surface area contributed by atoms with Crippen molar-refractivity contribution in [2.75, 3.05) is 0 Å². The number of benzene rings is 1. The maximum Gasteiger partial charge on any atom is 0.337 e. The van der Waals surface area contributed by atoms with Crippen LogP contribution in [0.5, 0.6) is 5.75 Å². The topological polar surface area (TPSA) is 102 Å². The number of phenols is 1. The van der Waals surface area contributed by atoms with E-state index in [-0.39, 0.29) is 17.7 Å². The normalized spacial score (nSPS) is 11.8. The lowest BCUT2D eigenvalue weighted by Gasteiger charge is -2.11. The first-order valence-corrected chi connectivity index (χ1v) is 4.66. The van der Waals surface area contributed by atoms with Crippen LogP contribution in [-0.4, -0.2) is 21.3 Å². The second kappa shape index (κ2) is 5.14. The first-order valence-electron chi connectivity index (χ1n) is 4.66. The molecule has 5 heteroatoms. The minimum atomic E-state index is -1.75. The zero-order valence-electron chi connectivity index (χ0n) is 8.42. The van der Waals surface area contributed by atoms with Crippen LogP contribution in [-0.2, 0) is 11.2 Å². The number of phenolic OH excluding ortho intramolecular Hbond substituents is 1. The molecule has 5 nitrogen and oxygen atoms in total. The molecule has 1 aromatic carbocycles. The van der Waals surface area contributed by atoms with Crippen LogP contribution in [0.25, 0.3) is 0 Å². The summed E-state index contributed by atoms with van der Waals surface area (Å²) in [6.45, 7) is 0. The molecule has 1 unspecified atom stereocenters. The summed E-state index contributed by atoms with van der Waals surface area (Å²) in [6, 6.07) is 6.39. The van der Waals surface area contributed by atoms with Crippen molar-refractivity contribution < 1.29 is 20.1 Å². The lowest BCUT2D eigenvalue weighted by molar-refractivity contribution is -0.147. The predicted molar refractivity (Wildman–Crippen MR) is 54.6 cm³/mol. The summed E-state index contributed by atoms with van der Waals surface area (Å²) in [5, 5.41) is 36.0. The summed E-state index contributed by atoms with van der Waals surface area (Å²) in [6.07, 6.45) is -1.20. The Balaban J connectivity index is 3.04. The molecular weight excluding hydrogens is 210 g/mol. The molecule has 1 aromatic rings. The number of para-hydroxylation sites is 1. The summed E-state index contributed by atoms with van der Waals surface area (Å²) in [5.74, 6) is -1.68. The third kappa shape index (κ3) is 2.49. The van der Waals surface area contributed by atoms with Crippen molar-refractivity contribution in [1.29, 1.82) is 5.26 Å². The summed E-state index contributed by atoms with van der Waals surface area (Å²) < 4.78 is 0. The maximum atomic E-state index is 10.6. The van der Waals surface area contributed by atoms with Crippen molar-refractivity contribution in [3.63, 3.8) is 0 Å². The number of aliphatic hydroxyl groups excluding tert-OH is 1. The highest BCUT2D eigenvalue weighted by Crippen LogP contribution is 2.28. The van der Waals surface area contributed by atoms with Gasteiger partial charge in [-0.15, -0.1) is 0 Å². The number of hydrogen-bond donors (Lipinski definition) is 3. The number of hydrogen-bond acceptors (Lipinski definition) is 4. The van der Waals surface area contributed by atoms with Gasteiger partial charge >= 0.3 is 5.97 Å². The highest BCUT2D eigenvalue weighted by Gasteiger charge is 2.20. The molecule has 1 rings (SSSR count). The highest BCUT2D eigenvalue weighted by molar-refractivity contribution is 5.75. The average Bonchev–Trinajstić information content (AvgIpc) is 2.26. The Bertz CT molecular complexity index is 436. The van der Waals surface area contributed by atoms with Gasteiger partial charge in [-0.05, 0) is 12.0 Å². The number of nitrogens with zero attached hydrogens (tertiary/aromatic N) is 1. The van der Waals surface area contributed by atoms with E-state index in [0.717, 1.165) is 0 Å². The number of carbonyl (C=O) groups is 1. The Morgan fingerprint density at radius 1 is 1.50 bits per heavy atom. The van der Waals surface area contributed by atoms with Crippen LogP contribution >= 0.6 is 0 Å². The molecular formula is C11H11NO4. The predicted octanol–water partition coefficient (Wildman–Crippen LogP) is 0.966. The number of aryl methyl sites for hydroxylation is 1. The van der Waals surface area contributed by atoms with Gasteiger partial charge in [0.2, 0.25) is 0 Å². The van der Waals surface area contributed by atoms with Crippen molar-refractivity contribution in [3.8, 4) is 11.8 Å². The molecule has 0 spiro atoms. The summed E-state index contributed by atoms with van der Waals surface area (Å²) in [4.78, 5) is 10.6. The lowest BCUT2D eigenvalue weighted by Crippen LogP contribution is -2.11. The van der Waals surface area contributed by atoms with Crippen molar-refractivity contribution in [2.45, 2.75) is 18.9 Å². The van der Waals surface area contributed by atoms with Crippen LogP contribution in [0, 0.1) is 11.3 Å². The van der Waals surface area contributed by atoms with Gasteiger partial charge in [-0.2, -0.15) is 5.26 Å². The Hall–Kier alpha value is -2.06. The van der Waals surface area contributed by atoms with Crippen molar-refractivity contribution in [2.24, 2.45) is 0 Å². The van der Waals surface area contributed by atoms with Crippen LogP contribution in [0.1, 0.15) is 23.7 Å². The van der Waals surface area contributed by atoms with E-state index in [1.54, 1.807) is 6.07 Å². The number of rotatable bonds is 4. The highest BCUT2D eigenvalue weighted by atomic mass is 16.4. The van der Waals surface area contributed by atoms with E-state index in [1.165, 1.54) is 12.1 Å². The molecule has 0 aliphatic rings. The molecule has 0 aliphatic heterocycles. The molecule has 16 heavy (non-hydrogen) atoms. The van der Waals surface area contributed by atoms with Gasteiger partial charge in [-0.1, -0.05) is 18.2 Å². The summed E-state index contributed by atoms with van der Waals surface area (Å²) in [7, 11) is 0. The number of carboxylic acids is 1. The Labute approximate surface area is 92.2 Å². The molecule has 0 aliphatic carbocycles.